The quantitative estimate of drug-likeness (QED) is 0.180. The molecule has 0 saturated heterocycles. The molecule has 0 aliphatic rings. The molecule has 0 heterocycles. The Labute approximate surface area is 79.0 Å². The second-order valence-electron chi connectivity index (χ2n) is 2.21. The van der Waals surface area contributed by atoms with E-state index in [-0.39, 0.29) is 24.0 Å². The molecule has 0 aromatic rings. The molecule has 0 rings (SSSR count). The Morgan fingerprint density at radius 3 is 1.80 bits per heavy atom. The number of nitrogens with two attached hydrogens (primary N) is 1. The monoisotopic (exact) mass is 255 g/mol. The molecule has 0 amide bonds. The van der Waals surface area contributed by atoms with Crippen molar-refractivity contribution in [3.8, 4) is 0 Å². The highest BCUT2D eigenvalue weighted by Crippen LogP contribution is 1.75. The average Bonchev–Trinajstić information content (AvgIpc) is 1.63. The van der Waals surface area contributed by atoms with Crippen LogP contribution in [0.1, 0.15) is 20.8 Å². The molecule has 0 aromatic carbocycles. The molecule has 0 radical (unpaired) electrons. The van der Waals surface area contributed by atoms with Gasteiger partial charge < -0.3 is 29.7 Å². The molecule has 10 heavy (non-hydrogen) atoms. The Kier molecular flexibility index (Phi) is 7.07. The third kappa shape index (κ3) is 6.00. The third-order valence-electron chi connectivity index (χ3n) is 0.955. The SMILES string of the molecule is CC(C)=[N+](C)/N=C(/C)N.[I-]. The van der Waals surface area contributed by atoms with Crippen molar-refractivity contribution < 1.29 is 28.7 Å². The molecular formula is C6H14IN3. The van der Waals surface area contributed by atoms with E-state index in [1.165, 1.54) is 0 Å². The first-order valence-electron chi connectivity index (χ1n) is 2.88. The lowest BCUT2D eigenvalue weighted by atomic mass is 10.5. The van der Waals surface area contributed by atoms with Crippen LogP contribution in [0.2, 0.25) is 0 Å². The van der Waals surface area contributed by atoms with Gasteiger partial charge >= 0.3 is 0 Å². The maximum Gasteiger partial charge on any atom is 0.178 e. The van der Waals surface area contributed by atoms with E-state index in [0.717, 1.165) is 5.71 Å². The summed E-state index contributed by atoms with van der Waals surface area (Å²) in [6, 6.07) is 0. The topological polar surface area (TPSA) is 41.4 Å². The number of hydrazone groups is 1. The van der Waals surface area contributed by atoms with Gasteiger partial charge in [-0.2, -0.15) is 0 Å². The minimum absolute atomic E-state index is 0. The first kappa shape index (κ1) is 12.5. The Morgan fingerprint density at radius 1 is 1.30 bits per heavy atom. The highest BCUT2D eigenvalue weighted by Gasteiger charge is 1.94. The van der Waals surface area contributed by atoms with Crippen molar-refractivity contribution in [3.63, 3.8) is 0 Å². The van der Waals surface area contributed by atoms with E-state index in [1.807, 2.05) is 20.9 Å². The molecule has 0 spiro atoms. The molecular weight excluding hydrogens is 241 g/mol. The second kappa shape index (κ2) is 5.64. The van der Waals surface area contributed by atoms with Crippen molar-refractivity contribution >= 4 is 11.5 Å². The molecule has 60 valence electrons. The average molecular weight is 255 g/mol. The number of halogens is 1. The first-order valence-corrected chi connectivity index (χ1v) is 2.88. The van der Waals surface area contributed by atoms with Crippen LogP contribution in [-0.4, -0.2) is 23.3 Å². The molecule has 0 fully saturated rings. The number of rotatable bonds is 1. The minimum atomic E-state index is 0. The summed E-state index contributed by atoms with van der Waals surface area (Å²) in [7, 11) is 1.87. The van der Waals surface area contributed by atoms with Gasteiger partial charge in [-0.15, -0.1) is 0 Å². The van der Waals surface area contributed by atoms with E-state index in [9.17, 15) is 0 Å². The Balaban J connectivity index is 0. The minimum Gasteiger partial charge on any atom is -1.00 e. The van der Waals surface area contributed by atoms with Gasteiger partial charge in [0, 0.05) is 18.9 Å². The fourth-order valence-corrected chi connectivity index (χ4v) is 0.337. The molecule has 0 atom stereocenters. The van der Waals surface area contributed by atoms with Crippen molar-refractivity contribution in [1.82, 2.24) is 0 Å². The maximum atomic E-state index is 5.33. The molecule has 0 unspecified atom stereocenters. The Morgan fingerprint density at radius 2 is 1.70 bits per heavy atom. The lowest BCUT2D eigenvalue weighted by molar-refractivity contribution is -0.503. The van der Waals surface area contributed by atoms with Crippen LogP contribution in [0.3, 0.4) is 0 Å². The summed E-state index contributed by atoms with van der Waals surface area (Å²) < 4.78 is 1.75. The zero-order valence-corrected chi connectivity index (χ0v) is 9.01. The third-order valence-corrected chi connectivity index (χ3v) is 0.955. The van der Waals surface area contributed by atoms with E-state index in [1.54, 1.807) is 11.6 Å². The summed E-state index contributed by atoms with van der Waals surface area (Å²) in [5.41, 5.74) is 6.45. The predicted molar refractivity (Wildman–Crippen MR) is 39.8 cm³/mol. The van der Waals surface area contributed by atoms with Crippen molar-refractivity contribution in [2.24, 2.45) is 10.8 Å². The number of hydrogen-bond acceptors (Lipinski definition) is 1. The second-order valence-corrected chi connectivity index (χ2v) is 2.21. The van der Waals surface area contributed by atoms with Crippen LogP contribution < -0.4 is 29.7 Å². The van der Waals surface area contributed by atoms with Crippen LogP contribution in [0, 0.1) is 0 Å². The summed E-state index contributed by atoms with van der Waals surface area (Å²) >= 11 is 0. The normalized spacial score (nSPS) is 10.2. The van der Waals surface area contributed by atoms with Gasteiger partial charge in [0.25, 0.3) is 0 Å². The largest absolute Gasteiger partial charge is 1.00 e. The van der Waals surface area contributed by atoms with Crippen LogP contribution in [0.25, 0.3) is 0 Å². The van der Waals surface area contributed by atoms with Gasteiger partial charge in [0.1, 0.15) is 0 Å². The number of hydrogen-bond donors (Lipinski definition) is 1. The summed E-state index contributed by atoms with van der Waals surface area (Å²) in [4.78, 5) is 0. The van der Waals surface area contributed by atoms with Crippen LogP contribution in [-0.2, 0) is 0 Å². The lowest BCUT2D eigenvalue weighted by Crippen LogP contribution is -3.00. The van der Waals surface area contributed by atoms with E-state index in [0.29, 0.717) is 5.84 Å². The highest BCUT2D eigenvalue weighted by molar-refractivity contribution is 5.78. The highest BCUT2D eigenvalue weighted by atomic mass is 127. The molecule has 3 nitrogen and oxygen atoms in total. The molecule has 0 bridgehead atoms. The Bertz CT molecular complexity index is 152. The van der Waals surface area contributed by atoms with Crippen LogP contribution in [0.4, 0.5) is 0 Å². The van der Waals surface area contributed by atoms with E-state index in [4.69, 9.17) is 5.73 Å². The van der Waals surface area contributed by atoms with Gasteiger partial charge in [0.15, 0.2) is 18.6 Å². The van der Waals surface area contributed by atoms with E-state index in [2.05, 4.69) is 5.10 Å². The van der Waals surface area contributed by atoms with Gasteiger partial charge in [-0.25, -0.2) is 0 Å². The number of nitrogens with zero attached hydrogens (tertiary/aromatic N) is 2. The smallest absolute Gasteiger partial charge is 0.178 e. The van der Waals surface area contributed by atoms with Crippen molar-refractivity contribution in [1.29, 1.82) is 0 Å². The molecule has 2 N–H and O–H groups in total. The predicted octanol–water partition coefficient (Wildman–Crippen LogP) is -2.59. The summed E-state index contributed by atoms with van der Waals surface area (Å²) in [5, 5.41) is 3.97. The molecule has 0 aliphatic heterocycles. The molecule has 4 heteroatoms. The fraction of sp³-hybridized carbons (Fsp3) is 0.667. The zero-order valence-electron chi connectivity index (χ0n) is 6.85. The standard InChI is InChI=1S/C6H14N3.HI/c1-5(2)9(4)8-6(3)7;/h1-4H3,(H2,7,8);1H/q+1;/p-1. The van der Waals surface area contributed by atoms with Crippen LogP contribution >= 0.6 is 0 Å². The van der Waals surface area contributed by atoms with Gasteiger partial charge in [0.2, 0.25) is 0 Å². The van der Waals surface area contributed by atoms with Crippen molar-refractivity contribution in [2.45, 2.75) is 20.8 Å². The van der Waals surface area contributed by atoms with Gasteiger partial charge in [0.05, 0.1) is 0 Å². The van der Waals surface area contributed by atoms with Crippen LogP contribution in [0.15, 0.2) is 5.10 Å². The Hall–Kier alpha value is -0.130. The lowest BCUT2D eigenvalue weighted by Gasteiger charge is -1.87. The summed E-state index contributed by atoms with van der Waals surface area (Å²) in [5.74, 6) is 0.582. The first-order chi connectivity index (χ1) is 4.04. The van der Waals surface area contributed by atoms with E-state index < -0.39 is 0 Å². The van der Waals surface area contributed by atoms with Crippen molar-refractivity contribution in [2.75, 3.05) is 7.05 Å². The van der Waals surface area contributed by atoms with Crippen molar-refractivity contribution in [3.05, 3.63) is 0 Å². The van der Waals surface area contributed by atoms with E-state index >= 15 is 0 Å². The fourth-order valence-electron chi connectivity index (χ4n) is 0.337. The molecule has 0 saturated carbocycles. The van der Waals surface area contributed by atoms with Gasteiger partial charge in [-0.1, -0.05) is 4.68 Å². The maximum absolute atomic E-state index is 5.33. The zero-order chi connectivity index (χ0) is 7.44. The molecule has 0 aromatic heterocycles. The van der Waals surface area contributed by atoms with Gasteiger partial charge in [-0.05, 0) is 6.92 Å². The van der Waals surface area contributed by atoms with Crippen LogP contribution in [0.5, 0.6) is 0 Å². The molecule has 0 aliphatic carbocycles. The van der Waals surface area contributed by atoms with Gasteiger partial charge in [-0.3, -0.25) is 0 Å². The summed E-state index contributed by atoms with van der Waals surface area (Å²) in [6.45, 7) is 5.72. The summed E-state index contributed by atoms with van der Waals surface area (Å²) in [6.07, 6.45) is 0. The number of amidine groups is 1.